The number of benzene rings is 3. The molecular weight excluding hydrogens is 444 g/mol. The zero-order chi connectivity index (χ0) is 23.8. The fraction of sp³-hybridized carbons (Fsp3) is 0.125. The maximum Gasteiger partial charge on any atom is 0.261 e. The number of nitrogens with one attached hydrogen (secondary N) is 2. The van der Waals surface area contributed by atoms with Crippen molar-refractivity contribution in [2.75, 3.05) is 31.4 Å². The number of methoxy groups -OCH3 is 3. The summed E-state index contributed by atoms with van der Waals surface area (Å²) in [4.78, 5) is 12.3. The molecule has 0 aliphatic rings. The normalized spacial score (nSPS) is 11.1. The van der Waals surface area contributed by atoms with Crippen molar-refractivity contribution in [2.45, 2.75) is 4.90 Å². The summed E-state index contributed by atoms with van der Waals surface area (Å²) < 4.78 is 43.2. The van der Waals surface area contributed by atoms with Gasteiger partial charge < -0.3 is 19.5 Å². The predicted octanol–water partition coefficient (Wildman–Crippen LogP) is 4.17. The quantitative estimate of drug-likeness (QED) is 0.457. The molecule has 9 heteroatoms. The molecule has 3 aromatic carbocycles. The first-order valence-electron chi connectivity index (χ1n) is 9.82. The van der Waals surface area contributed by atoms with Gasteiger partial charge in [-0.25, -0.2) is 8.42 Å². The third kappa shape index (κ3) is 6.27. The van der Waals surface area contributed by atoms with E-state index in [1.54, 1.807) is 55.7 Å². The first kappa shape index (κ1) is 23.7. The van der Waals surface area contributed by atoms with Crippen molar-refractivity contribution in [3.05, 3.63) is 78.4 Å². The van der Waals surface area contributed by atoms with Crippen LogP contribution in [0, 0.1) is 0 Å². The van der Waals surface area contributed by atoms with Crippen LogP contribution in [0.1, 0.15) is 5.56 Å². The zero-order valence-corrected chi connectivity index (χ0v) is 19.2. The second-order valence-corrected chi connectivity index (χ2v) is 8.48. The smallest absolute Gasteiger partial charge is 0.261 e. The highest BCUT2D eigenvalue weighted by molar-refractivity contribution is 7.92. The van der Waals surface area contributed by atoms with Crippen molar-refractivity contribution in [3.8, 4) is 17.2 Å². The lowest BCUT2D eigenvalue weighted by atomic mass is 10.2. The molecule has 0 aliphatic carbocycles. The molecule has 0 spiro atoms. The lowest BCUT2D eigenvalue weighted by molar-refractivity contribution is -0.111. The van der Waals surface area contributed by atoms with Gasteiger partial charge in [0.1, 0.15) is 5.75 Å². The Morgan fingerprint density at radius 2 is 1.42 bits per heavy atom. The van der Waals surface area contributed by atoms with Crippen molar-refractivity contribution < 1.29 is 27.4 Å². The number of rotatable bonds is 9. The average molecular weight is 469 g/mol. The molecule has 8 nitrogen and oxygen atoms in total. The molecule has 0 bridgehead atoms. The Labute approximate surface area is 192 Å². The van der Waals surface area contributed by atoms with Gasteiger partial charge in [-0.3, -0.25) is 9.52 Å². The van der Waals surface area contributed by atoms with E-state index < -0.39 is 10.0 Å². The Bertz CT molecular complexity index is 1240. The molecule has 3 aromatic rings. The third-order valence-corrected chi connectivity index (χ3v) is 6.01. The first-order valence-corrected chi connectivity index (χ1v) is 11.3. The predicted molar refractivity (Wildman–Crippen MR) is 127 cm³/mol. The van der Waals surface area contributed by atoms with Crippen LogP contribution >= 0.6 is 0 Å². The maximum atomic E-state index is 12.6. The van der Waals surface area contributed by atoms with Crippen LogP contribution < -0.4 is 24.2 Å². The largest absolute Gasteiger partial charge is 0.497 e. The minimum absolute atomic E-state index is 0.0668. The van der Waals surface area contributed by atoms with Gasteiger partial charge in [-0.1, -0.05) is 6.07 Å². The Morgan fingerprint density at radius 3 is 2.03 bits per heavy atom. The highest BCUT2D eigenvalue weighted by atomic mass is 32.2. The second-order valence-electron chi connectivity index (χ2n) is 6.80. The number of anilines is 2. The minimum Gasteiger partial charge on any atom is -0.497 e. The van der Waals surface area contributed by atoms with Gasteiger partial charge in [-0.15, -0.1) is 0 Å². The Balaban J connectivity index is 1.63. The third-order valence-electron chi connectivity index (χ3n) is 4.61. The number of carbonyl (C=O) groups excluding carboxylic acids is 1. The van der Waals surface area contributed by atoms with E-state index in [2.05, 4.69) is 10.0 Å². The summed E-state index contributed by atoms with van der Waals surface area (Å²) in [5, 5.41) is 2.69. The molecule has 1 amide bonds. The van der Waals surface area contributed by atoms with Crippen LogP contribution in [0.15, 0.2) is 77.7 Å². The molecule has 0 fully saturated rings. The van der Waals surface area contributed by atoms with E-state index in [1.807, 2.05) is 0 Å². The molecule has 2 N–H and O–H groups in total. The lowest BCUT2D eigenvalue weighted by Gasteiger charge is -2.10. The Kier molecular flexibility index (Phi) is 7.57. The summed E-state index contributed by atoms with van der Waals surface area (Å²) in [6.07, 6.45) is 3.01. The number of hydrogen-bond donors (Lipinski definition) is 2. The number of hydrogen-bond acceptors (Lipinski definition) is 6. The molecule has 3 rings (SSSR count). The molecule has 0 aliphatic heterocycles. The molecular formula is C24H24N2O6S. The van der Waals surface area contributed by atoms with E-state index >= 15 is 0 Å². The van der Waals surface area contributed by atoms with Gasteiger partial charge in [0.2, 0.25) is 5.91 Å². The number of amides is 1. The van der Waals surface area contributed by atoms with E-state index in [0.717, 1.165) is 5.56 Å². The van der Waals surface area contributed by atoms with E-state index in [0.29, 0.717) is 28.6 Å². The molecule has 0 heterocycles. The van der Waals surface area contributed by atoms with Gasteiger partial charge in [0.25, 0.3) is 10.0 Å². The van der Waals surface area contributed by atoms with Crippen molar-refractivity contribution >= 4 is 33.4 Å². The van der Waals surface area contributed by atoms with Gasteiger partial charge in [0, 0.05) is 17.5 Å². The van der Waals surface area contributed by atoms with Gasteiger partial charge in [0.15, 0.2) is 11.5 Å². The fourth-order valence-electron chi connectivity index (χ4n) is 2.90. The lowest BCUT2D eigenvalue weighted by Crippen LogP contribution is -2.13. The van der Waals surface area contributed by atoms with Crippen LogP contribution in [-0.4, -0.2) is 35.7 Å². The van der Waals surface area contributed by atoms with Gasteiger partial charge in [-0.2, -0.15) is 0 Å². The van der Waals surface area contributed by atoms with Crippen molar-refractivity contribution in [3.63, 3.8) is 0 Å². The number of sulfonamides is 1. The standard InChI is InChI=1S/C24H24N2O6S/c1-30-20-10-6-19(7-11-20)26-33(28,29)21-12-8-18(9-13-21)25-24(27)15-5-17-4-14-22(31-2)23(16-17)32-3/h4-16,26H,1-3H3,(H,25,27)/b15-5-. The van der Waals surface area contributed by atoms with E-state index in [-0.39, 0.29) is 10.8 Å². The van der Waals surface area contributed by atoms with Gasteiger partial charge in [-0.05, 0) is 72.3 Å². The van der Waals surface area contributed by atoms with Crippen LogP contribution in [0.3, 0.4) is 0 Å². The molecule has 33 heavy (non-hydrogen) atoms. The topological polar surface area (TPSA) is 103 Å². The molecule has 0 unspecified atom stereocenters. The Morgan fingerprint density at radius 1 is 0.788 bits per heavy atom. The monoisotopic (exact) mass is 468 g/mol. The zero-order valence-electron chi connectivity index (χ0n) is 18.4. The van der Waals surface area contributed by atoms with E-state index in [1.165, 1.54) is 44.6 Å². The summed E-state index contributed by atoms with van der Waals surface area (Å²) in [6, 6.07) is 17.7. The van der Waals surface area contributed by atoms with Gasteiger partial charge in [0.05, 0.1) is 26.2 Å². The second kappa shape index (κ2) is 10.6. The highest BCUT2D eigenvalue weighted by Gasteiger charge is 2.14. The molecule has 0 saturated carbocycles. The molecule has 0 atom stereocenters. The van der Waals surface area contributed by atoms with Gasteiger partial charge >= 0.3 is 0 Å². The summed E-state index contributed by atoms with van der Waals surface area (Å²) in [7, 11) is 0.841. The van der Waals surface area contributed by atoms with E-state index in [9.17, 15) is 13.2 Å². The van der Waals surface area contributed by atoms with Crippen LogP contribution in [0.25, 0.3) is 6.08 Å². The maximum absolute atomic E-state index is 12.6. The summed E-state index contributed by atoms with van der Waals surface area (Å²) >= 11 is 0. The van der Waals surface area contributed by atoms with Crippen LogP contribution in [-0.2, 0) is 14.8 Å². The summed E-state index contributed by atoms with van der Waals surface area (Å²) in [5.41, 5.74) is 1.63. The van der Waals surface area contributed by atoms with Crippen LogP contribution in [0.4, 0.5) is 11.4 Å². The fourth-order valence-corrected chi connectivity index (χ4v) is 3.96. The van der Waals surface area contributed by atoms with Crippen molar-refractivity contribution in [1.82, 2.24) is 0 Å². The summed E-state index contributed by atoms with van der Waals surface area (Å²) in [6.45, 7) is 0. The number of carbonyl (C=O) groups is 1. The van der Waals surface area contributed by atoms with Crippen molar-refractivity contribution in [2.24, 2.45) is 0 Å². The summed E-state index contributed by atoms with van der Waals surface area (Å²) in [5.74, 6) is 1.41. The first-order chi connectivity index (χ1) is 15.8. The Hall–Kier alpha value is -3.98. The van der Waals surface area contributed by atoms with Crippen molar-refractivity contribution in [1.29, 1.82) is 0 Å². The van der Waals surface area contributed by atoms with E-state index in [4.69, 9.17) is 14.2 Å². The SMILES string of the molecule is COc1ccc(NS(=O)(=O)c2ccc(NC(=O)/C=C\c3ccc(OC)c(OC)c3)cc2)cc1. The molecule has 0 radical (unpaired) electrons. The minimum atomic E-state index is -3.78. The van der Waals surface area contributed by atoms with Crippen LogP contribution in [0.5, 0.6) is 17.2 Å². The molecule has 0 aromatic heterocycles. The van der Waals surface area contributed by atoms with Crippen LogP contribution in [0.2, 0.25) is 0 Å². The molecule has 0 saturated heterocycles. The highest BCUT2D eigenvalue weighted by Crippen LogP contribution is 2.28. The molecule has 172 valence electrons. The average Bonchev–Trinajstić information content (AvgIpc) is 2.83. The number of ether oxygens (including phenoxy) is 3.